The van der Waals surface area contributed by atoms with Crippen molar-refractivity contribution in [3.05, 3.63) is 42.0 Å². The topological polar surface area (TPSA) is 114 Å². The molecule has 0 aromatic heterocycles. The van der Waals surface area contributed by atoms with Gasteiger partial charge < -0.3 is 23.7 Å². The minimum Gasteiger partial charge on any atom is -0.494 e. The number of rotatable bonds is 24. The van der Waals surface area contributed by atoms with Crippen LogP contribution in [-0.2, 0) is 33.3 Å². The number of ether oxygens (including phenoxy) is 5. The lowest BCUT2D eigenvalue weighted by atomic mass is 9.70. The number of carbonyl (C=O) groups is 4. The highest BCUT2D eigenvalue weighted by atomic mass is 16.6. The Morgan fingerprint density at radius 2 is 1.47 bits per heavy atom. The van der Waals surface area contributed by atoms with Crippen LogP contribution in [0.25, 0.3) is 0 Å². The molecule has 1 aromatic carbocycles. The average Bonchev–Trinajstić information content (AvgIpc) is 3.18. The first-order valence-corrected chi connectivity index (χ1v) is 21.5. The van der Waals surface area contributed by atoms with E-state index in [1.165, 1.54) is 70.3 Å². The van der Waals surface area contributed by atoms with E-state index in [-0.39, 0.29) is 37.8 Å². The van der Waals surface area contributed by atoms with Gasteiger partial charge in [-0.2, -0.15) is 0 Å². The summed E-state index contributed by atoms with van der Waals surface area (Å²) in [6.45, 7) is 12.0. The van der Waals surface area contributed by atoms with Gasteiger partial charge in [0, 0.05) is 11.5 Å². The standard InChI is InChI=1S/C46H72O9/c1-7-10-12-16-35-18-20-36(21-19-35)37-22-28-41(29-23-37)55-45(50)38-24-26-40(27-25-38)51-30-14-11-13-17-39(9-3)54-43(48)31-34(4)44(49)53-33-46(5,6)32-52-42(47)15-8-2/h8,15,24-27,34-37,39,41H,7,9-14,16-23,28-33H2,1-6H3. The summed E-state index contributed by atoms with van der Waals surface area (Å²) in [5.74, 6) is 1.10. The Bertz CT molecular complexity index is 1300. The number of allylic oxidation sites excluding steroid dienone is 1. The molecule has 2 saturated carbocycles. The smallest absolute Gasteiger partial charge is 0.338 e. The molecule has 0 N–H and O–H groups in total. The Balaban J connectivity index is 1.24. The number of hydrogen-bond acceptors (Lipinski definition) is 9. The first-order chi connectivity index (χ1) is 26.4. The highest BCUT2D eigenvalue weighted by Gasteiger charge is 2.32. The molecule has 9 nitrogen and oxygen atoms in total. The number of unbranched alkanes of at least 4 members (excludes halogenated alkanes) is 4. The molecule has 9 heteroatoms. The zero-order valence-electron chi connectivity index (χ0n) is 35.0. The van der Waals surface area contributed by atoms with Gasteiger partial charge in [0.2, 0.25) is 0 Å². The van der Waals surface area contributed by atoms with Crippen LogP contribution in [0.5, 0.6) is 5.75 Å². The molecule has 310 valence electrons. The molecular weight excluding hydrogens is 696 g/mol. The molecule has 0 spiro atoms. The number of hydrogen-bond donors (Lipinski definition) is 0. The summed E-state index contributed by atoms with van der Waals surface area (Å²) < 4.78 is 28.1. The van der Waals surface area contributed by atoms with Crippen molar-refractivity contribution in [2.24, 2.45) is 29.1 Å². The second kappa shape index (κ2) is 25.0. The van der Waals surface area contributed by atoms with Gasteiger partial charge in [-0.05, 0) is 120 Å². The van der Waals surface area contributed by atoms with Gasteiger partial charge >= 0.3 is 23.9 Å². The van der Waals surface area contributed by atoms with Gasteiger partial charge in [0.25, 0.3) is 0 Å². The number of carbonyl (C=O) groups excluding carboxylic acids is 4. The summed E-state index contributed by atoms with van der Waals surface area (Å²) in [6, 6.07) is 7.24. The molecule has 0 amide bonds. The lowest BCUT2D eigenvalue weighted by molar-refractivity contribution is -0.160. The van der Waals surface area contributed by atoms with Crippen LogP contribution in [0.2, 0.25) is 0 Å². The molecule has 0 saturated heterocycles. The Morgan fingerprint density at radius 1 is 0.818 bits per heavy atom. The predicted octanol–water partition coefficient (Wildman–Crippen LogP) is 10.8. The third-order valence-electron chi connectivity index (χ3n) is 11.4. The van der Waals surface area contributed by atoms with Crippen LogP contribution in [0, 0.1) is 29.1 Å². The lowest BCUT2D eigenvalue weighted by Gasteiger charge is -2.37. The third-order valence-corrected chi connectivity index (χ3v) is 11.4. The molecule has 0 radical (unpaired) electrons. The largest absolute Gasteiger partial charge is 0.494 e. The van der Waals surface area contributed by atoms with Gasteiger partial charge in [0.1, 0.15) is 18.0 Å². The lowest BCUT2D eigenvalue weighted by Crippen LogP contribution is -2.30. The van der Waals surface area contributed by atoms with Crippen LogP contribution in [0.15, 0.2) is 36.4 Å². The predicted molar refractivity (Wildman–Crippen MR) is 216 cm³/mol. The Hall–Kier alpha value is -3.36. The summed E-state index contributed by atoms with van der Waals surface area (Å²) in [5, 5.41) is 0. The van der Waals surface area contributed by atoms with Crippen molar-refractivity contribution in [3.8, 4) is 5.75 Å². The summed E-state index contributed by atoms with van der Waals surface area (Å²) in [6.07, 6.45) is 22.2. The van der Waals surface area contributed by atoms with Crippen molar-refractivity contribution >= 4 is 23.9 Å². The highest BCUT2D eigenvalue weighted by Crippen LogP contribution is 2.41. The van der Waals surface area contributed by atoms with E-state index in [0.29, 0.717) is 18.6 Å². The fraction of sp³-hybridized carbons (Fsp3) is 0.739. The average molecular weight is 769 g/mol. The Labute approximate surface area is 332 Å². The molecule has 0 heterocycles. The fourth-order valence-electron chi connectivity index (χ4n) is 7.87. The van der Waals surface area contributed by atoms with Gasteiger partial charge in [-0.15, -0.1) is 0 Å². The van der Waals surface area contributed by atoms with Gasteiger partial charge in [-0.1, -0.05) is 79.2 Å². The zero-order chi connectivity index (χ0) is 40.1. The van der Waals surface area contributed by atoms with E-state index in [1.807, 2.05) is 32.9 Å². The minimum atomic E-state index is -0.646. The van der Waals surface area contributed by atoms with E-state index < -0.39 is 29.2 Å². The fourth-order valence-corrected chi connectivity index (χ4v) is 7.87. The van der Waals surface area contributed by atoms with Gasteiger partial charge in [-0.3, -0.25) is 9.59 Å². The maximum Gasteiger partial charge on any atom is 0.338 e. The molecule has 2 fully saturated rings. The summed E-state index contributed by atoms with van der Waals surface area (Å²) in [5.41, 5.74) is 0.00266. The SMILES string of the molecule is CC=CC(=O)OCC(C)(C)COC(=O)C(C)CC(=O)OC(CC)CCCCCOc1ccc(C(=O)OC2CCC(C3CCC(CCCCC)CC3)CC2)cc1. The van der Waals surface area contributed by atoms with Crippen LogP contribution >= 0.6 is 0 Å². The second-order valence-electron chi connectivity index (χ2n) is 16.9. The molecule has 0 aliphatic heterocycles. The van der Waals surface area contributed by atoms with Crippen molar-refractivity contribution in [1.82, 2.24) is 0 Å². The van der Waals surface area contributed by atoms with Crippen LogP contribution in [-0.4, -0.2) is 55.9 Å². The van der Waals surface area contributed by atoms with E-state index in [9.17, 15) is 19.2 Å². The Kier molecular flexibility index (Phi) is 20.9. The first kappa shape index (κ1) is 46.0. The van der Waals surface area contributed by atoms with Crippen molar-refractivity contribution in [2.75, 3.05) is 19.8 Å². The molecule has 3 rings (SSSR count). The molecule has 0 bridgehead atoms. The van der Waals surface area contributed by atoms with Crippen molar-refractivity contribution < 1.29 is 42.9 Å². The van der Waals surface area contributed by atoms with E-state index in [4.69, 9.17) is 23.7 Å². The maximum atomic E-state index is 12.9. The van der Waals surface area contributed by atoms with Gasteiger partial charge in [0.05, 0.1) is 37.7 Å². The van der Waals surface area contributed by atoms with Crippen molar-refractivity contribution in [3.63, 3.8) is 0 Å². The monoisotopic (exact) mass is 769 g/mol. The molecule has 1 aromatic rings. The van der Waals surface area contributed by atoms with E-state index in [1.54, 1.807) is 32.1 Å². The quantitative estimate of drug-likeness (QED) is 0.0439. The minimum absolute atomic E-state index is 0.0194. The van der Waals surface area contributed by atoms with Gasteiger partial charge in [0.15, 0.2) is 0 Å². The maximum absolute atomic E-state index is 12.9. The molecule has 2 aliphatic carbocycles. The van der Waals surface area contributed by atoms with E-state index >= 15 is 0 Å². The number of benzene rings is 1. The van der Waals surface area contributed by atoms with Crippen molar-refractivity contribution in [2.45, 2.75) is 169 Å². The molecule has 2 unspecified atom stereocenters. The van der Waals surface area contributed by atoms with Crippen molar-refractivity contribution in [1.29, 1.82) is 0 Å². The van der Waals surface area contributed by atoms with E-state index in [2.05, 4.69) is 6.92 Å². The zero-order valence-corrected chi connectivity index (χ0v) is 35.0. The Morgan fingerprint density at radius 3 is 2.11 bits per heavy atom. The van der Waals surface area contributed by atoms with Crippen LogP contribution in [0.4, 0.5) is 0 Å². The molecular formula is C46H72O9. The normalized spacial score (nSPS) is 21.3. The number of esters is 4. The third kappa shape index (κ3) is 18.0. The summed E-state index contributed by atoms with van der Waals surface area (Å²) >= 11 is 0. The van der Waals surface area contributed by atoms with Crippen LogP contribution < -0.4 is 4.74 Å². The molecule has 2 atom stereocenters. The molecule has 2 aliphatic rings. The molecule has 55 heavy (non-hydrogen) atoms. The van der Waals surface area contributed by atoms with Gasteiger partial charge in [-0.25, -0.2) is 9.59 Å². The summed E-state index contributed by atoms with van der Waals surface area (Å²) in [7, 11) is 0. The summed E-state index contributed by atoms with van der Waals surface area (Å²) in [4.78, 5) is 49.6. The van der Waals surface area contributed by atoms with Crippen LogP contribution in [0.3, 0.4) is 0 Å². The second-order valence-corrected chi connectivity index (χ2v) is 16.9. The van der Waals surface area contributed by atoms with Crippen LogP contribution in [0.1, 0.15) is 167 Å². The highest BCUT2D eigenvalue weighted by molar-refractivity contribution is 5.89. The van der Waals surface area contributed by atoms with E-state index in [0.717, 1.165) is 62.0 Å². The first-order valence-electron chi connectivity index (χ1n) is 21.5.